The topological polar surface area (TPSA) is 41.1 Å². The van der Waals surface area contributed by atoms with Crippen molar-refractivity contribution in [3.63, 3.8) is 0 Å². The lowest BCUT2D eigenvalue weighted by atomic mass is 9.94. The second-order valence-corrected chi connectivity index (χ2v) is 5.82. The van der Waals surface area contributed by atoms with Crippen molar-refractivity contribution in [3.8, 4) is 28.5 Å². The first-order chi connectivity index (χ1) is 11.8. The molecule has 4 rings (SSSR count). The van der Waals surface area contributed by atoms with Crippen molar-refractivity contribution >= 4 is 17.2 Å². The van der Waals surface area contributed by atoms with Crippen LogP contribution in [0.25, 0.3) is 28.0 Å². The average molecular weight is 330 g/mol. The van der Waals surface area contributed by atoms with Crippen LogP contribution >= 0.6 is 11.6 Å². The molecule has 0 saturated heterocycles. The maximum atomic E-state index is 9.59. The van der Waals surface area contributed by atoms with E-state index in [2.05, 4.69) is 11.1 Å². The molecule has 0 fully saturated rings. The van der Waals surface area contributed by atoms with E-state index in [1.165, 1.54) is 0 Å². The number of fused-ring (bicyclic) bond motifs is 1. The molecule has 0 spiro atoms. The summed E-state index contributed by atoms with van der Waals surface area (Å²) in [6.07, 6.45) is 3.86. The smallest absolute Gasteiger partial charge is 0.137 e. The van der Waals surface area contributed by atoms with E-state index in [0.29, 0.717) is 10.6 Å². The Morgan fingerprint density at radius 3 is 2.46 bits per heavy atom. The third-order valence-corrected chi connectivity index (χ3v) is 4.27. The molecule has 0 aliphatic carbocycles. The molecular formula is C20H12ClN3. The monoisotopic (exact) mass is 329 g/mol. The van der Waals surface area contributed by atoms with Gasteiger partial charge in [0.05, 0.1) is 17.3 Å². The first-order valence-electron chi connectivity index (χ1n) is 7.50. The average Bonchev–Trinajstić information content (AvgIpc) is 3.06. The molecule has 0 aliphatic rings. The van der Waals surface area contributed by atoms with Gasteiger partial charge in [-0.25, -0.2) is 4.98 Å². The van der Waals surface area contributed by atoms with E-state index >= 15 is 0 Å². The van der Waals surface area contributed by atoms with Crippen LogP contribution in [-0.2, 0) is 0 Å². The van der Waals surface area contributed by atoms with E-state index < -0.39 is 0 Å². The van der Waals surface area contributed by atoms with E-state index in [1.807, 2.05) is 65.3 Å². The fraction of sp³-hybridized carbons (Fsp3) is 0. The van der Waals surface area contributed by atoms with Crippen LogP contribution in [0.3, 0.4) is 0 Å². The number of hydrogen-bond acceptors (Lipinski definition) is 2. The number of halogens is 1. The summed E-state index contributed by atoms with van der Waals surface area (Å²) in [7, 11) is 0. The van der Waals surface area contributed by atoms with Crippen molar-refractivity contribution in [2.45, 2.75) is 0 Å². The third-order valence-electron chi connectivity index (χ3n) is 3.96. The molecule has 2 aromatic carbocycles. The Labute approximate surface area is 144 Å². The van der Waals surface area contributed by atoms with Crippen LogP contribution in [0, 0.1) is 11.3 Å². The maximum absolute atomic E-state index is 9.59. The summed E-state index contributed by atoms with van der Waals surface area (Å²) in [5.41, 5.74) is 4.68. The number of aromatic nitrogens is 2. The van der Waals surface area contributed by atoms with Crippen LogP contribution in [0.15, 0.2) is 73.1 Å². The molecule has 0 amide bonds. The molecule has 4 aromatic rings. The molecule has 24 heavy (non-hydrogen) atoms. The van der Waals surface area contributed by atoms with Gasteiger partial charge in [0.2, 0.25) is 0 Å². The number of hydrogen-bond donors (Lipinski definition) is 0. The summed E-state index contributed by atoms with van der Waals surface area (Å²) < 4.78 is 1.94. The van der Waals surface area contributed by atoms with Crippen LogP contribution < -0.4 is 0 Å². The van der Waals surface area contributed by atoms with Gasteiger partial charge >= 0.3 is 0 Å². The Morgan fingerprint density at radius 2 is 1.71 bits per heavy atom. The molecule has 2 aromatic heterocycles. The fourth-order valence-electron chi connectivity index (χ4n) is 2.88. The lowest BCUT2D eigenvalue weighted by Crippen LogP contribution is -1.91. The predicted octanol–water partition coefficient (Wildman–Crippen LogP) is 5.19. The molecule has 0 saturated carbocycles. The van der Waals surface area contributed by atoms with E-state index in [9.17, 15) is 5.26 Å². The molecule has 0 N–H and O–H groups in total. The SMILES string of the molecule is N#Cc1ccc(Cl)c(-c2ccccc2)c1-c1cn2ccccc2n1. The number of nitriles is 1. The Morgan fingerprint density at radius 1 is 0.917 bits per heavy atom. The third kappa shape index (κ3) is 2.34. The second kappa shape index (κ2) is 5.84. The van der Waals surface area contributed by atoms with Crippen LogP contribution in [-0.4, -0.2) is 9.38 Å². The Hall–Kier alpha value is -3.09. The minimum absolute atomic E-state index is 0.557. The molecule has 114 valence electrons. The molecule has 0 atom stereocenters. The molecule has 0 radical (unpaired) electrons. The standard InChI is InChI=1S/C20H12ClN3/c21-16-10-9-15(12-22)20(19(16)14-6-2-1-3-7-14)17-13-24-11-5-4-8-18(24)23-17/h1-11,13H. The number of nitrogens with zero attached hydrogens (tertiary/aromatic N) is 3. The first-order valence-corrected chi connectivity index (χ1v) is 7.88. The highest BCUT2D eigenvalue weighted by atomic mass is 35.5. The summed E-state index contributed by atoms with van der Waals surface area (Å²) >= 11 is 6.50. The van der Waals surface area contributed by atoms with Gasteiger partial charge in [-0.2, -0.15) is 5.26 Å². The molecule has 0 bridgehead atoms. The van der Waals surface area contributed by atoms with Crippen molar-refractivity contribution in [2.75, 3.05) is 0 Å². The first kappa shape index (κ1) is 14.5. The maximum Gasteiger partial charge on any atom is 0.137 e. The minimum atomic E-state index is 0.557. The number of imidazole rings is 1. The van der Waals surface area contributed by atoms with E-state index in [-0.39, 0.29) is 0 Å². The van der Waals surface area contributed by atoms with Crippen LogP contribution in [0.1, 0.15) is 5.56 Å². The second-order valence-electron chi connectivity index (χ2n) is 5.42. The summed E-state index contributed by atoms with van der Waals surface area (Å²) in [5, 5.41) is 10.2. The van der Waals surface area contributed by atoms with Gasteiger partial charge in [0.15, 0.2) is 0 Å². The highest BCUT2D eigenvalue weighted by molar-refractivity contribution is 6.34. The van der Waals surface area contributed by atoms with Crippen molar-refractivity contribution in [1.29, 1.82) is 5.26 Å². The summed E-state index contributed by atoms with van der Waals surface area (Å²) in [6.45, 7) is 0. The van der Waals surface area contributed by atoms with E-state index in [0.717, 1.165) is 28.0 Å². The van der Waals surface area contributed by atoms with Gasteiger partial charge in [-0.05, 0) is 29.8 Å². The molecule has 0 aliphatic heterocycles. The van der Waals surface area contributed by atoms with Gasteiger partial charge in [-0.1, -0.05) is 48.0 Å². The van der Waals surface area contributed by atoms with Crippen LogP contribution in [0.4, 0.5) is 0 Å². The largest absolute Gasteiger partial charge is 0.306 e. The highest BCUT2D eigenvalue weighted by Gasteiger charge is 2.18. The van der Waals surface area contributed by atoms with E-state index in [1.54, 1.807) is 12.1 Å². The molecule has 4 heteroatoms. The fourth-order valence-corrected chi connectivity index (χ4v) is 3.15. The lowest BCUT2D eigenvalue weighted by molar-refractivity contribution is 1.19. The summed E-state index contributed by atoms with van der Waals surface area (Å²) in [6, 6.07) is 21.4. The number of rotatable bonds is 2. The molecular weight excluding hydrogens is 318 g/mol. The van der Waals surface area contributed by atoms with Gasteiger partial charge in [0, 0.05) is 28.5 Å². The number of pyridine rings is 1. The molecule has 0 unspecified atom stereocenters. The van der Waals surface area contributed by atoms with Crippen molar-refractivity contribution in [2.24, 2.45) is 0 Å². The van der Waals surface area contributed by atoms with Gasteiger partial charge in [0.25, 0.3) is 0 Å². The van der Waals surface area contributed by atoms with E-state index in [4.69, 9.17) is 11.6 Å². The normalized spacial score (nSPS) is 10.7. The molecule has 3 nitrogen and oxygen atoms in total. The zero-order chi connectivity index (χ0) is 16.5. The minimum Gasteiger partial charge on any atom is -0.306 e. The van der Waals surface area contributed by atoms with Gasteiger partial charge in [-0.15, -0.1) is 0 Å². The zero-order valence-electron chi connectivity index (χ0n) is 12.6. The van der Waals surface area contributed by atoms with Crippen LogP contribution in [0.2, 0.25) is 5.02 Å². The van der Waals surface area contributed by atoms with Gasteiger partial charge in [-0.3, -0.25) is 0 Å². The molecule has 2 heterocycles. The van der Waals surface area contributed by atoms with Gasteiger partial charge in [0.1, 0.15) is 5.65 Å². The summed E-state index contributed by atoms with van der Waals surface area (Å²) in [4.78, 5) is 4.67. The zero-order valence-corrected chi connectivity index (χ0v) is 13.4. The summed E-state index contributed by atoms with van der Waals surface area (Å²) in [5.74, 6) is 0. The van der Waals surface area contributed by atoms with Crippen molar-refractivity contribution < 1.29 is 0 Å². The lowest BCUT2D eigenvalue weighted by Gasteiger charge is -2.12. The van der Waals surface area contributed by atoms with Gasteiger partial charge < -0.3 is 4.40 Å². The Bertz CT molecular complexity index is 1040. The van der Waals surface area contributed by atoms with Crippen molar-refractivity contribution in [3.05, 3.63) is 83.6 Å². The number of benzene rings is 2. The quantitative estimate of drug-likeness (QED) is 0.507. The predicted molar refractivity (Wildman–Crippen MR) is 95.8 cm³/mol. The van der Waals surface area contributed by atoms with Crippen molar-refractivity contribution in [1.82, 2.24) is 9.38 Å². The Balaban J connectivity index is 2.07. The highest BCUT2D eigenvalue weighted by Crippen LogP contribution is 2.39. The Kier molecular flexibility index (Phi) is 3.53. The van der Waals surface area contributed by atoms with Crippen LogP contribution in [0.5, 0.6) is 0 Å².